The molecule has 2 saturated heterocycles. The van der Waals surface area contributed by atoms with Crippen LogP contribution in [-0.4, -0.2) is 51.0 Å². The van der Waals surface area contributed by atoms with E-state index in [1.807, 2.05) is 30.3 Å². The van der Waals surface area contributed by atoms with E-state index >= 15 is 0 Å². The summed E-state index contributed by atoms with van der Waals surface area (Å²) in [4.78, 5) is 11.7. The number of benzene rings is 1. The highest BCUT2D eigenvalue weighted by molar-refractivity contribution is 5.73. The topological polar surface area (TPSA) is 75.2 Å². The fourth-order valence-electron chi connectivity index (χ4n) is 3.22. The quantitative estimate of drug-likeness (QED) is 0.894. The van der Waals surface area contributed by atoms with Gasteiger partial charge >= 0.3 is 0 Å². The molecule has 5 unspecified atom stereocenters. The maximum atomic E-state index is 11.7. The second-order valence-electron chi connectivity index (χ2n) is 5.95. The van der Waals surface area contributed by atoms with E-state index in [0.29, 0.717) is 13.0 Å². The van der Waals surface area contributed by atoms with Crippen molar-refractivity contribution in [1.82, 2.24) is 5.32 Å². The SMILES string of the molecule is COC1OC2COC(c3ccccc3)OC(OC)(C2)C1NC(C)=O. The van der Waals surface area contributed by atoms with E-state index in [-0.39, 0.29) is 12.0 Å². The van der Waals surface area contributed by atoms with E-state index in [9.17, 15) is 4.79 Å². The summed E-state index contributed by atoms with van der Waals surface area (Å²) >= 11 is 0. The molecule has 1 aromatic carbocycles. The van der Waals surface area contributed by atoms with Gasteiger partial charge in [-0.15, -0.1) is 0 Å². The van der Waals surface area contributed by atoms with E-state index in [0.717, 1.165) is 5.56 Å². The molecule has 7 heteroatoms. The second-order valence-corrected chi connectivity index (χ2v) is 5.95. The third-order valence-electron chi connectivity index (χ3n) is 4.33. The zero-order chi connectivity index (χ0) is 17.2. The lowest BCUT2D eigenvalue weighted by atomic mass is 9.95. The van der Waals surface area contributed by atoms with E-state index in [1.165, 1.54) is 14.0 Å². The number of hydrogen-bond donors (Lipinski definition) is 1. The molecule has 0 aliphatic carbocycles. The molecule has 0 saturated carbocycles. The minimum Gasteiger partial charge on any atom is -0.354 e. The summed E-state index contributed by atoms with van der Waals surface area (Å²) in [6, 6.07) is 8.98. The van der Waals surface area contributed by atoms with Crippen molar-refractivity contribution in [2.45, 2.75) is 43.9 Å². The Morgan fingerprint density at radius 2 is 2.04 bits per heavy atom. The normalized spacial score (nSPS) is 36.0. The molecule has 2 bridgehead atoms. The molecule has 24 heavy (non-hydrogen) atoms. The first-order valence-electron chi connectivity index (χ1n) is 7.93. The van der Waals surface area contributed by atoms with Gasteiger partial charge in [0.2, 0.25) is 5.91 Å². The molecule has 2 aliphatic heterocycles. The van der Waals surface area contributed by atoms with E-state index < -0.39 is 24.4 Å². The van der Waals surface area contributed by atoms with Gasteiger partial charge in [-0.25, -0.2) is 0 Å². The molecular formula is C17H23NO6. The minimum atomic E-state index is -1.10. The Hall–Kier alpha value is -1.51. The summed E-state index contributed by atoms with van der Waals surface area (Å²) < 4.78 is 29.2. The first-order valence-corrected chi connectivity index (χ1v) is 7.93. The van der Waals surface area contributed by atoms with Crippen molar-refractivity contribution in [3.8, 4) is 0 Å². The molecule has 0 radical (unpaired) electrons. The van der Waals surface area contributed by atoms with Gasteiger partial charge in [-0.1, -0.05) is 30.3 Å². The number of rotatable bonds is 4. The zero-order valence-corrected chi connectivity index (χ0v) is 14.1. The Morgan fingerprint density at radius 1 is 1.29 bits per heavy atom. The minimum absolute atomic E-state index is 0.217. The van der Waals surface area contributed by atoms with Gasteiger partial charge in [0.05, 0.1) is 12.7 Å². The van der Waals surface area contributed by atoms with E-state index in [2.05, 4.69) is 5.32 Å². The molecule has 2 aliphatic rings. The van der Waals surface area contributed by atoms with E-state index in [4.69, 9.17) is 23.7 Å². The molecule has 1 amide bonds. The van der Waals surface area contributed by atoms with Crippen molar-refractivity contribution in [2.75, 3.05) is 20.8 Å². The van der Waals surface area contributed by atoms with Gasteiger partial charge in [0.15, 0.2) is 18.4 Å². The predicted molar refractivity (Wildman–Crippen MR) is 83.9 cm³/mol. The fraction of sp³-hybridized carbons (Fsp3) is 0.588. The van der Waals surface area contributed by atoms with Crippen LogP contribution in [0.5, 0.6) is 0 Å². The van der Waals surface area contributed by atoms with Gasteiger partial charge in [-0.3, -0.25) is 4.79 Å². The number of carbonyl (C=O) groups excluding carboxylic acids is 1. The average Bonchev–Trinajstić information content (AvgIpc) is 2.76. The number of hydrogen-bond acceptors (Lipinski definition) is 6. The second kappa shape index (κ2) is 7.16. The largest absolute Gasteiger partial charge is 0.354 e. The standard InChI is InChI=1S/C17H23NO6/c1-11(19)18-14-16(20-2)23-13-9-17(14,21-3)24-15(22-10-13)12-7-5-4-6-8-12/h4-8,13-16H,9-10H2,1-3H3,(H,18,19). The smallest absolute Gasteiger partial charge is 0.217 e. The summed E-state index contributed by atoms with van der Waals surface area (Å²) in [6.07, 6.45) is -1.14. The number of carbonyl (C=O) groups is 1. The van der Waals surface area contributed by atoms with Gasteiger partial charge in [0.1, 0.15) is 6.04 Å². The maximum absolute atomic E-state index is 11.7. The van der Waals surface area contributed by atoms with Crippen molar-refractivity contribution < 1.29 is 28.5 Å². The van der Waals surface area contributed by atoms with Crippen molar-refractivity contribution in [3.05, 3.63) is 35.9 Å². The van der Waals surface area contributed by atoms with Crippen LogP contribution >= 0.6 is 0 Å². The molecule has 3 rings (SSSR count). The summed E-state index contributed by atoms with van der Waals surface area (Å²) in [6.45, 7) is 1.78. The number of amides is 1. The highest BCUT2D eigenvalue weighted by atomic mass is 16.8. The van der Waals surface area contributed by atoms with Crippen LogP contribution in [0.3, 0.4) is 0 Å². The molecule has 0 spiro atoms. The van der Waals surface area contributed by atoms with Crippen LogP contribution < -0.4 is 5.32 Å². The van der Waals surface area contributed by atoms with E-state index in [1.54, 1.807) is 7.11 Å². The van der Waals surface area contributed by atoms with Crippen LogP contribution in [0.25, 0.3) is 0 Å². The van der Waals surface area contributed by atoms with Crippen LogP contribution in [-0.2, 0) is 28.5 Å². The van der Waals surface area contributed by atoms with Crippen LogP contribution in [0.15, 0.2) is 30.3 Å². The third kappa shape index (κ3) is 3.31. The molecule has 5 atom stereocenters. The summed E-state index contributed by atoms with van der Waals surface area (Å²) in [5.74, 6) is -1.32. The highest BCUT2D eigenvalue weighted by Crippen LogP contribution is 2.41. The molecule has 7 nitrogen and oxygen atoms in total. The predicted octanol–water partition coefficient (Wildman–Crippen LogP) is 1.34. The summed E-state index contributed by atoms with van der Waals surface area (Å²) in [7, 11) is 3.08. The number of fused-ring (bicyclic) bond motifs is 2. The molecule has 1 aromatic rings. The maximum Gasteiger partial charge on any atom is 0.217 e. The Morgan fingerprint density at radius 3 is 2.67 bits per heavy atom. The van der Waals surface area contributed by atoms with Crippen LogP contribution in [0.2, 0.25) is 0 Å². The Bertz CT molecular complexity index is 567. The summed E-state index contributed by atoms with van der Waals surface area (Å²) in [5, 5.41) is 2.84. The van der Waals surface area contributed by atoms with Crippen molar-refractivity contribution in [1.29, 1.82) is 0 Å². The average molecular weight is 337 g/mol. The first kappa shape index (κ1) is 17.3. The monoisotopic (exact) mass is 337 g/mol. The van der Waals surface area contributed by atoms with Crippen LogP contribution in [0, 0.1) is 0 Å². The number of nitrogens with one attached hydrogen (secondary N) is 1. The molecule has 132 valence electrons. The van der Waals surface area contributed by atoms with Crippen molar-refractivity contribution in [3.63, 3.8) is 0 Å². The molecule has 2 heterocycles. The lowest BCUT2D eigenvalue weighted by Gasteiger charge is -2.47. The third-order valence-corrected chi connectivity index (χ3v) is 4.33. The van der Waals surface area contributed by atoms with Gasteiger partial charge in [-0.2, -0.15) is 0 Å². The summed E-state index contributed by atoms with van der Waals surface area (Å²) in [5.41, 5.74) is 0.872. The van der Waals surface area contributed by atoms with Gasteiger partial charge in [0.25, 0.3) is 0 Å². The van der Waals surface area contributed by atoms with Gasteiger partial charge in [-0.05, 0) is 0 Å². The molecule has 2 fully saturated rings. The van der Waals surface area contributed by atoms with Gasteiger partial charge in [0, 0.05) is 33.1 Å². The Balaban J connectivity index is 1.94. The van der Waals surface area contributed by atoms with Crippen LogP contribution in [0.4, 0.5) is 0 Å². The lowest BCUT2D eigenvalue weighted by molar-refractivity contribution is -0.345. The first-order chi connectivity index (χ1) is 11.6. The number of methoxy groups -OCH3 is 2. The number of ether oxygens (including phenoxy) is 5. The van der Waals surface area contributed by atoms with Crippen molar-refractivity contribution in [2.24, 2.45) is 0 Å². The molecule has 1 N–H and O–H groups in total. The highest BCUT2D eigenvalue weighted by Gasteiger charge is 2.55. The Labute approximate surface area is 141 Å². The van der Waals surface area contributed by atoms with Gasteiger partial charge < -0.3 is 29.0 Å². The Kier molecular flexibility index (Phi) is 5.17. The van der Waals surface area contributed by atoms with Crippen molar-refractivity contribution >= 4 is 5.91 Å². The lowest BCUT2D eigenvalue weighted by Crippen LogP contribution is -2.66. The van der Waals surface area contributed by atoms with Crippen LogP contribution in [0.1, 0.15) is 25.2 Å². The zero-order valence-electron chi connectivity index (χ0n) is 14.1. The molecular weight excluding hydrogens is 314 g/mol. The fourth-order valence-corrected chi connectivity index (χ4v) is 3.22. The molecule has 0 aromatic heterocycles.